The molecule has 0 heterocycles. The molecule has 1 amide bonds. The summed E-state index contributed by atoms with van der Waals surface area (Å²) in [4.78, 5) is 22.0. The highest BCUT2D eigenvalue weighted by atomic mass is 32.2. The summed E-state index contributed by atoms with van der Waals surface area (Å²) in [6.45, 7) is -0.754. The van der Waals surface area contributed by atoms with Crippen molar-refractivity contribution in [3.8, 4) is 0 Å². The van der Waals surface area contributed by atoms with Crippen LogP contribution < -0.4 is 5.32 Å². The zero-order chi connectivity index (χ0) is 14.3. The summed E-state index contributed by atoms with van der Waals surface area (Å²) in [5, 5.41) is 30.2. The Hall–Kier alpha value is -0.520. The molecule has 0 bridgehead atoms. The molecule has 0 aromatic rings. The molecule has 8 nitrogen and oxygen atoms in total. The van der Waals surface area contributed by atoms with Gasteiger partial charge in [0, 0.05) is 0 Å². The number of carbonyl (C=O) groups excluding carboxylic acids is 2. The van der Waals surface area contributed by atoms with Crippen molar-refractivity contribution >= 4 is 38.0 Å². The number of nitrogens with one attached hydrogen (secondary N) is 1. The maximum Gasteiger partial charge on any atom is 0.430 e. The Balaban J connectivity index is 4.92. The molecule has 18 heavy (non-hydrogen) atoms. The number of rotatable bonds is 7. The number of likely N-dealkylation sites (N-methyl/N-ethyl adjacent to an activating group) is 1. The lowest BCUT2D eigenvalue weighted by Crippen LogP contribution is -2.53. The minimum absolute atomic E-state index is 0.395. The summed E-state index contributed by atoms with van der Waals surface area (Å²) in [7, 11) is 1.40. The van der Waals surface area contributed by atoms with Crippen molar-refractivity contribution in [2.45, 2.75) is 24.4 Å². The number of thiol groups is 2. The van der Waals surface area contributed by atoms with Gasteiger partial charge in [0.25, 0.3) is 0 Å². The molecule has 0 aliphatic heterocycles. The minimum Gasteiger partial charge on any atom is -0.440 e. The van der Waals surface area contributed by atoms with Gasteiger partial charge in [0.1, 0.15) is 24.5 Å². The zero-order valence-corrected chi connectivity index (χ0v) is 11.3. The lowest BCUT2D eigenvalue weighted by Gasteiger charge is -2.29. The Bertz CT molecular complexity index is 280. The third-order valence-electron chi connectivity index (χ3n) is 2.15. The van der Waals surface area contributed by atoms with E-state index in [4.69, 9.17) is 9.84 Å². The Morgan fingerprint density at radius 1 is 1.50 bits per heavy atom. The molecule has 0 aromatic carbocycles. The van der Waals surface area contributed by atoms with Crippen LogP contribution in [0.5, 0.6) is 0 Å². The van der Waals surface area contributed by atoms with E-state index in [2.05, 4.69) is 30.9 Å². The first kappa shape index (κ1) is 17.5. The van der Waals surface area contributed by atoms with E-state index < -0.39 is 37.1 Å². The van der Waals surface area contributed by atoms with Gasteiger partial charge >= 0.3 is 6.09 Å². The summed E-state index contributed by atoms with van der Waals surface area (Å²) in [5.74, 6) is 0. The van der Waals surface area contributed by atoms with Gasteiger partial charge in [-0.2, -0.15) is 3.71 Å². The monoisotopic (exact) mass is 300 g/mol. The molecule has 0 saturated carbocycles. The van der Waals surface area contributed by atoms with Crippen LogP contribution in [0.25, 0.3) is 0 Å². The quantitative estimate of drug-likeness (QED) is 0.237. The fourth-order valence-electron chi connectivity index (χ4n) is 1.16. The molecule has 106 valence electrons. The lowest BCUT2D eigenvalue weighted by molar-refractivity contribution is -0.120. The second-order valence-electron chi connectivity index (χ2n) is 3.33. The normalized spacial score (nSPS) is 17.4. The molecular weight excluding hydrogens is 284 g/mol. The molecule has 4 N–H and O–H groups in total. The Labute approximate surface area is 115 Å². The molecule has 0 fully saturated rings. The first-order chi connectivity index (χ1) is 8.38. The molecule has 0 aliphatic rings. The smallest absolute Gasteiger partial charge is 0.430 e. The van der Waals surface area contributed by atoms with Gasteiger partial charge in [-0.1, -0.05) is 0 Å². The van der Waals surface area contributed by atoms with E-state index in [1.807, 2.05) is 0 Å². The van der Waals surface area contributed by atoms with E-state index in [1.165, 1.54) is 7.05 Å². The van der Waals surface area contributed by atoms with Crippen molar-refractivity contribution in [1.82, 2.24) is 9.03 Å². The van der Waals surface area contributed by atoms with E-state index >= 15 is 0 Å². The van der Waals surface area contributed by atoms with E-state index in [1.54, 1.807) is 0 Å². The van der Waals surface area contributed by atoms with Crippen LogP contribution in [0, 0.1) is 0 Å². The number of hydrogen-bond donors (Lipinski definition) is 6. The third-order valence-corrected chi connectivity index (χ3v) is 2.48. The van der Waals surface area contributed by atoms with E-state index in [9.17, 15) is 19.8 Å². The zero-order valence-electron chi connectivity index (χ0n) is 9.50. The van der Waals surface area contributed by atoms with Gasteiger partial charge in [0.05, 0.1) is 6.61 Å². The number of aliphatic hydroxyl groups is 3. The fourth-order valence-corrected chi connectivity index (χ4v) is 1.25. The number of amides is 1. The van der Waals surface area contributed by atoms with Crippen molar-refractivity contribution < 1.29 is 29.6 Å². The standard InChI is InChI=1S/C8H16N2O6S2/c1-9-4(2-11)7(6(14)5(13)3-12)16-8(15)10(17)18/h2,4-7,9,12-14,17-18H,3H2,1H3/t4-,5+,6+,7+/m0/s1. The van der Waals surface area contributed by atoms with Crippen LogP contribution in [0.1, 0.15) is 0 Å². The number of ether oxygens (including phenoxy) is 1. The maximum atomic E-state index is 11.3. The molecule has 4 atom stereocenters. The Morgan fingerprint density at radius 3 is 2.39 bits per heavy atom. The van der Waals surface area contributed by atoms with Crippen LogP contribution in [-0.2, 0) is 9.53 Å². The van der Waals surface area contributed by atoms with E-state index in [-0.39, 0.29) is 0 Å². The SMILES string of the molecule is CN[C@@H](C=O)[C@@H](OC(=O)N(S)S)[C@H](O)[C@H](O)CO. The highest BCUT2D eigenvalue weighted by Gasteiger charge is 2.35. The van der Waals surface area contributed by atoms with Gasteiger partial charge in [-0.25, -0.2) is 4.79 Å². The van der Waals surface area contributed by atoms with Gasteiger partial charge in [-0.15, -0.1) is 0 Å². The van der Waals surface area contributed by atoms with Crippen molar-refractivity contribution in [3.63, 3.8) is 0 Å². The van der Waals surface area contributed by atoms with Gasteiger partial charge in [-0.05, 0) is 32.7 Å². The Kier molecular flexibility index (Phi) is 8.31. The summed E-state index contributed by atoms with van der Waals surface area (Å²) < 4.78 is 5.26. The minimum atomic E-state index is -1.65. The van der Waals surface area contributed by atoms with Gasteiger partial charge in [0.2, 0.25) is 0 Å². The van der Waals surface area contributed by atoms with Crippen LogP contribution in [0.4, 0.5) is 4.79 Å². The van der Waals surface area contributed by atoms with Crippen molar-refractivity contribution in [2.24, 2.45) is 0 Å². The van der Waals surface area contributed by atoms with Crippen LogP contribution in [-0.4, -0.2) is 69.4 Å². The summed E-state index contributed by atoms with van der Waals surface area (Å²) in [5.41, 5.74) is 0. The number of aliphatic hydroxyl groups excluding tert-OH is 3. The summed E-state index contributed by atoms with van der Waals surface area (Å²) >= 11 is 7.12. The first-order valence-corrected chi connectivity index (χ1v) is 5.67. The second-order valence-corrected chi connectivity index (χ2v) is 4.44. The molecule has 0 rings (SSSR count). The molecule has 0 saturated heterocycles. The highest BCUT2D eigenvalue weighted by molar-refractivity contribution is 7.94. The van der Waals surface area contributed by atoms with Crippen LogP contribution in [0.15, 0.2) is 0 Å². The number of nitrogens with zero attached hydrogens (tertiary/aromatic N) is 1. The van der Waals surface area contributed by atoms with Gasteiger partial charge < -0.3 is 30.2 Å². The molecule has 0 radical (unpaired) electrons. The topological polar surface area (TPSA) is 119 Å². The van der Waals surface area contributed by atoms with Crippen molar-refractivity contribution in [3.05, 3.63) is 0 Å². The van der Waals surface area contributed by atoms with E-state index in [0.717, 1.165) is 0 Å². The van der Waals surface area contributed by atoms with Crippen molar-refractivity contribution in [1.29, 1.82) is 0 Å². The van der Waals surface area contributed by atoms with Gasteiger partial charge in [0.15, 0.2) is 6.10 Å². The van der Waals surface area contributed by atoms with Crippen LogP contribution in [0.3, 0.4) is 0 Å². The lowest BCUT2D eigenvalue weighted by atomic mass is 10.0. The van der Waals surface area contributed by atoms with Gasteiger partial charge in [-0.3, -0.25) is 0 Å². The first-order valence-electron chi connectivity index (χ1n) is 4.87. The number of hydrogen-bond acceptors (Lipinski definition) is 9. The molecule has 0 aromatic heterocycles. The van der Waals surface area contributed by atoms with Crippen LogP contribution >= 0.6 is 25.6 Å². The molecule has 10 heteroatoms. The molecular formula is C8H16N2O6S2. The maximum absolute atomic E-state index is 11.3. The Morgan fingerprint density at radius 2 is 2.06 bits per heavy atom. The summed E-state index contributed by atoms with van der Waals surface area (Å²) in [6, 6.07) is -1.06. The second kappa shape index (κ2) is 8.56. The number of aldehydes is 1. The average Bonchev–Trinajstić information content (AvgIpc) is 2.36. The predicted octanol–water partition coefficient (Wildman–Crippen LogP) is -2.02. The average molecular weight is 300 g/mol. The molecule has 0 spiro atoms. The summed E-state index contributed by atoms with van der Waals surface area (Å²) in [6.07, 6.45) is -5.26. The molecule has 0 aliphatic carbocycles. The highest BCUT2D eigenvalue weighted by Crippen LogP contribution is 2.12. The number of carbonyl (C=O) groups is 2. The fraction of sp³-hybridized carbons (Fsp3) is 0.750. The third kappa shape index (κ3) is 5.00. The van der Waals surface area contributed by atoms with Crippen molar-refractivity contribution in [2.75, 3.05) is 13.7 Å². The largest absolute Gasteiger partial charge is 0.440 e. The van der Waals surface area contributed by atoms with Crippen LogP contribution in [0.2, 0.25) is 0 Å². The molecule has 0 unspecified atom stereocenters. The predicted molar refractivity (Wildman–Crippen MR) is 68.1 cm³/mol. The van der Waals surface area contributed by atoms with E-state index in [0.29, 0.717) is 10.00 Å².